The molecule has 2 bridgehead atoms. The molecule has 0 radical (unpaired) electrons. The predicted molar refractivity (Wildman–Crippen MR) is 46.5 cm³/mol. The summed E-state index contributed by atoms with van der Waals surface area (Å²) in [4.78, 5) is 13.5. The number of hydrogen-bond acceptors (Lipinski definition) is 2. The Hall–Kier alpha value is -0.570. The van der Waals surface area contributed by atoms with E-state index >= 15 is 0 Å². The Balaban J connectivity index is 2.03. The summed E-state index contributed by atoms with van der Waals surface area (Å²) < 4.78 is 0. The lowest BCUT2D eigenvalue weighted by atomic mass is 9.91. The van der Waals surface area contributed by atoms with Gasteiger partial charge in [0.15, 0.2) is 0 Å². The summed E-state index contributed by atoms with van der Waals surface area (Å²) in [6.45, 7) is 4.03. The first-order valence-electron chi connectivity index (χ1n) is 4.84. The number of fused-ring (bicyclic) bond motifs is 3. The molecule has 0 aromatic heterocycles. The van der Waals surface area contributed by atoms with Crippen molar-refractivity contribution in [2.75, 3.05) is 13.1 Å². The van der Waals surface area contributed by atoms with E-state index in [1.54, 1.807) is 0 Å². The Labute approximate surface area is 73.1 Å². The zero-order valence-corrected chi connectivity index (χ0v) is 7.55. The normalized spacial score (nSPS) is 33.9. The van der Waals surface area contributed by atoms with E-state index in [0.29, 0.717) is 24.4 Å². The molecule has 0 aromatic carbocycles. The Kier molecular flexibility index (Phi) is 2.05. The summed E-state index contributed by atoms with van der Waals surface area (Å²) >= 11 is 0. The maximum atomic E-state index is 11.4. The zero-order valence-electron chi connectivity index (χ0n) is 7.55. The lowest BCUT2D eigenvalue weighted by molar-refractivity contribution is -0.139. The van der Waals surface area contributed by atoms with Crippen LogP contribution in [-0.2, 0) is 4.79 Å². The van der Waals surface area contributed by atoms with Crippen molar-refractivity contribution >= 4 is 5.91 Å². The Morgan fingerprint density at radius 3 is 2.83 bits per heavy atom. The molecule has 3 heterocycles. The highest BCUT2D eigenvalue weighted by atomic mass is 16.2. The van der Waals surface area contributed by atoms with E-state index in [-0.39, 0.29) is 0 Å². The van der Waals surface area contributed by atoms with Crippen molar-refractivity contribution < 1.29 is 4.79 Å². The fourth-order valence-corrected chi connectivity index (χ4v) is 2.21. The van der Waals surface area contributed by atoms with Crippen molar-refractivity contribution in [1.29, 1.82) is 0 Å². The molecule has 3 heteroatoms. The Morgan fingerprint density at radius 1 is 1.58 bits per heavy atom. The van der Waals surface area contributed by atoms with Crippen LogP contribution in [0.15, 0.2) is 0 Å². The minimum Gasteiger partial charge on any atom is -0.327 e. The smallest absolute Gasteiger partial charge is 0.223 e. The Bertz CT molecular complexity index is 185. The first-order valence-corrected chi connectivity index (χ1v) is 4.84. The average Bonchev–Trinajstić information content (AvgIpc) is 2.18. The highest BCUT2D eigenvalue weighted by molar-refractivity contribution is 5.76. The van der Waals surface area contributed by atoms with Gasteiger partial charge in [-0.3, -0.25) is 10.1 Å². The molecule has 3 fully saturated rings. The molecule has 2 atom stereocenters. The summed E-state index contributed by atoms with van der Waals surface area (Å²) in [7, 11) is 0. The van der Waals surface area contributed by atoms with Crippen molar-refractivity contribution in [1.82, 2.24) is 10.2 Å². The monoisotopic (exact) mass is 168 g/mol. The Morgan fingerprint density at radius 2 is 2.42 bits per heavy atom. The van der Waals surface area contributed by atoms with Crippen LogP contribution >= 0.6 is 0 Å². The topological polar surface area (TPSA) is 32.3 Å². The summed E-state index contributed by atoms with van der Waals surface area (Å²) in [5.41, 5.74) is 0. The molecule has 1 N–H and O–H groups in total. The van der Waals surface area contributed by atoms with E-state index in [0.717, 1.165) is 19.5 Å². The fourth-order valence-electron chi connectivity index (χ4n) is 2.21. The molecule has 3 rings (SSSR count). The van der Waals surface area contributed by atoms with E-state index in [1.807, 2.05) is 11.8 Å². The maximum absolute atomic E-state index is 11.4. The SMILES string of the molecule is CCC(=O)N1CC2CCC1NC2. The van der Waals surface area contributed by atoms with Gasteiger partial charge in [0.2, 0.25) is 5.91 Å². The van der Waals surface area contributed by atoms with Crippen LogP contribution in [0.2, 0.25) is 0 Å². The minimum atomic E-state index is 0.303. The molecule has 0 saturated carbocycles. The van der Waals surface area contributed by atoms with Crippen LogP contribution < -0.4 is 5.32 Å². The van der Waals surface area contributed by atoms with E-state index in [4.69, 9.17) is 0 Å². The molecule has 0 spiro atoms. The van der Waals surface area contributed by atoms with Gasteiger partial charge in [0.25, 0.3) is 0 Å². The van der Waals surface area contributed by atoms with Gasteiger partial charge in [0.05, 0.1) is 6.17 Å². The molecule has 0 aliphatic carbocycles. The molecule has 1 amide bonds. The number of nitrogens with zero attached hydrogens (tertiary/aromatic N) is 1. The van der Waals surface area contributed by atoms with E-state index < -0.39 is 0 Å². The van der Waals surface area contributed by atoms with Gasteiger partial charge in [-0.25, -0.2) is 0 Å². The predicted octanol–water partition coefficient (Wildman–Crippen LogP) is 0.564. The van der Waals surface area contributed by atoms with Crippen LogP contribution in [0.5, 0.6) is 0 Å². The van der Waals surface area contributed by atoms with Crippen molar-refractivity contribution in [3.8, 4) is 0 Å². The minimum absolute atomic E-state index is 0.303. The number of piperidine rings is 2. The molecule has 3 aliphatic heterocycles. The lowest BCUT2D eigenvalue weighted by Gasteiger charge is -2.45. The number of amides is 1. The highest BCUT2D eigenvalue weighted by Gasteiger charge is 2.35. The summed E-state index contributed by atoms with van der Waals surface area (Å²) in [5.74, 6) is 1.02. The number of carbonyl (C=O) groups excluding carboxylic acids is 1. The van der Waals surface area contributed by atoms with Crippen LogP contribution in [0.1, 0.15) is 26.2 Å². The van der Waals surface area contributed by atoms with Crippen molar-refractivity contribution in [3.05, 3.63) is 0 Å². The number of hydrogen-bond donors (Lipinski definition) is 1. The van der Waals surface area contributed by atoms with Gasteiger partial charge in [-0.1, -0.05) is 6.92 Å². The number of rotatable bonds is 1. The second-order valence-electron chi connectivity index (χ2n) is 3.77. The zero-order chi connectivity index (χ0) is 8.55. The fraction of sp³-hybridized carbons (Fsp3) is 0.889. The standard InChI is InChI=1S/C9H16N2O/c1-2-9(12)11-6-7-3-4-8(11)10-5-7/h7-8,10H,2-6H2,1H3. The van der Waals surface area contributed by atoms with Gasteiger partial charge in [-0.15, -0.1) is 0 Å². The lowest BCUT2D eigenvalue weighted by Crippen LogP contribution is -2.60. The van der Waals surface area contributed by atoms with Crippen LogP contribution in [0.4, 0.5) is 0 Å². The third-order valence-corrected chi connectivity index (χ3v) is 2.94. The summed E-state index contributed by atoms with van der Waals surface area (Å²) in [6.07, 6.45) is 3.44. The van der Waals surface area contributed by atoms with Crippen LogP contribution in [0, 0.1) is 5.92 Å². The van der Waals surface area contributed by atoms with E-state index in [9.17, 15) is 4.79 Å². The number of carbonyl (C=O) groups is 1. The molecule has 3 nitrogen and oxygen atoms in total. The summed E-state index contributed by atoms with van der Waals surface area (Å²) in [5, 5.41) is 3.39. The summed E-state index contributed by atoms with van der Waals surface area (Å²) in [6, 6.07) is 0. The van der Waals surface area contributed by atoms with Gasteiger partial charge in [0.1, 0.15) is 0 Å². The van der Waals surface area contributed by atoms with Crippen molar-refractivity contribution in [2.24, 2.45) is 5.92 Å². The quantitative estimate of drug-likeness (QED) is 0.620. The molecule has 2 unspecified atom stereocenters. The largest absolute Gasteiger partial charge is 0.327 e. The van der Waals surface area contributed by atoms with Gasteiger partial charge in [0, 0.05) is 19.5 Å². The molecule has 3 aliphatic rings. The molecular weight excluding hydrogens is 152 g/mol. The third-order valence-electron chi connectivity index (χ3n) is 2.94. The molecule has 3 saturated heterocycles. The molecular formula is C9H16N2O. The van der Waals surface area contributed by atoms with Gasteiger partial charge in [-0.05, 0) is 18.8 Å². The second kappa shape index (κ2) is 3.05. The molecule has 68 valence electrons. The van der Waals surface area contributed by atoms with Crippen LogP contribution in [0.3, 0.4) is 0 Å². The van der Waals surface area contributed by atoms with Gasteiger partial charge < -0.3 is 4.90 Å². The first kappa shape index (κ1) is 8.05. The van der Waals surface area contributed by atoms with E-state index in [1.165, 1.54) is 6.42 Å². The van der Waals surface area contributed by atoms with Crippen LogP contribution in [-0.4, -0.2) is 30.1 Å². The highest BCUT2D eigenvalue weighted by Crippen LogP contribution is 2.25. The van der Waals surface area contributed by atoms with Crippen molar-refractivity contribution in [3.63, 3.8) is 0 Å². The average molecular weight is 168 g/mol. The van der Waals surface area contributed by atoms with E-state index in [2.05, 4.69) is 5.32 Å². The maximum Gasteiger partial charge on any atom is 0.223 e. The van der Waals surface area contributed by atoms with Crippen molar-refractivity contribution in [2.45, 2.75) is 32.4 Å². The second-order valence-corrected chi connectivity index (χ2v) is 3.77. The van der Waals surface area contributed by atoms with Gasteiger partial charge >= 0.3 is 0 Å². The number of nitrogens with one attached hydrogen (secondary N) is 1. The third kappa shape index (κ3) is 1.22. The first-order chi connectivity index (χ1) is 5.81. The van der Waals surface area contributed by atoms with Gasteiger partial charge in [-0.2, -0.15) is 0 Å². The van der Waals surface area contributed by atoms with Crippen LogP contribution in [0.25, 0.3) is 0 Å². The molecule has 0 aromatic rings. The molecule has 12 heavy (non-hydrogen) atoms.